The highest BCUT2D eigenvalue weighted by molar-refractivity contribution is 8.13. The van der Waals surface area contributed by atoms with E-state index in [4.69, 9.17) is 9.94 Å². The lowest BCUT2D eigenvalue weighted by molar-refractivity contribution is 0.260. The van der Waals surface area contributed by atoms with Crippen LogP contribution in [0.1, 0.15) is 6.42 Å². The molecule has 46 valence electrons. The molecule has 0 aromatic carbocycles. The van der Waals surface area contributed by atoms with Crippen molar-refractivity contribution in [1.82, 2.24) is 0 Å². The summed E-state index contributed by atoms with van der Waals surface area (Å²) in [7, 11) is 0. The Bertz CT molecular complexity index is 96.2. The van der Waals surface area contributed by atoms with E-state index in [1.165, 1.54) is 11.8 Å². The van der Waals surface area contributed by atoms with Gasteiger partial charge in [-0.3, -0.25) is 0 Å². The lowest BCUT2D eigenvalue weighted by atomic mass is 10.5. The van der Waals surface area contributed by atoms with Crippen LogP contribution in [0.3, 0.4) is 0 Å². The molecule has 0 atom stereocenters. The summed E-state index contributed by atoms with van der Waals surface area (Å²) in [5, 5.41) is 11.4. The Morgan fingerprint density at radius 1 is 1.75 bits per heavy atom. The predicted octanol–water partition coefficient (Wildman–Crippen LogP) is 0.885. The maximum Gasteiger partial charge on any atom is 0.286 e. The monoisotopic (exact) mass is 133 g/mol. The highest BCUT2D eigenvalue weighted by atomic mass is 32.2. The second-order valence-electron chi connectivity index (χ2n) is 1.42. The molecular weight excluding hydrogens is 126 g/mol. The average Bonchev–Trinajstić information content (AvgIpc) is 1.90. The van der Waals surface area contributed by atoms with Gasteiger partial charge in [0.15, 0.2) is 0 Å². The largest absolute Gasteiger partial charge is 0.471 e. The van der Waals surface area contributed by atoms with Gasteiger partial charge in [-0.05, 0) is 11.6 Å². The van der Waals surface area contributed by atoms with E-state index in [0.29, 0.717) is 11.8 Å². The first-order valence-corrected chi connectivity index (χ1v) is 3.39. The van der Waals surface area contributed by atoms with Gasteiger partial charge in [-0.15, -0.1) is 0 Å². The van der Waals surface area contributed by atoms with Crippen molar-refractivity contribution in [2.45, 2.75) is 6.42 Å². The molecule has 1 heterocycles. The molecule has 1 fully saturated rings. The third-order valence-corrected chi connectivity index (χ3v) is 1.76. The number of nitrogens with zero attached hydrogens (tertiary/aromatic N) is 1. The molecule has 1 aliphatic heterocycles. The normalized spacial score (nSPS) is 25.2. The van der Waals surface area contributed by atoms with Gasteiger partial charge < -0.3 is 9.94 Å². The zero-order valence-electron chi connectivity index (χ0n) is 4.33. The predicted molar refractivity (Wildman–Crippen MR) is 32.2 cm³/mol. The molecule has 0 amide bonds. The van der Waals surface area contributed by atoms with Crippen LogP contribution in [-0.4, -0.2) is 22.8 Å². The van der Waals surface area contributed by atoms with Gasteiger partial charge in [-0.25, -0.2) is 0 Å². The van der Waals surface area contributed by atoms with Crippen molar-refractivity contribution in [2.75, 3.05) is 12.4 Å². The summed E-state index contributed by atoms with van der Waals surface area (Å²) in [6, 6.07) is 0. The van der Waals surface area contributed by atoms with Crippen molar-refractivity contribution >= 4 is 17.0 Å². The van der Waals surface area contributed by atoms with Crippen molar-refractivity contribution in [3.8, 4) is 0 Å². The lowest BCUT2D eigenvalue weighted by Gasteiger charge is -2.10. The van der Waals surface area contributed by atoms with Gasteiger partial charge in [0.2, 0.25) is 0 Å². The summed E-state index contributed by atoms with van der Waals surface area (Å²) in [6.07, 6.45) is 1.05. The Kier molecular flexibility index (Phi) is 2.02. The van der Waals surface area contributed by atoms with Crippen LogP contribution in [0.4, 0.5) is 0 Å². The van der Waals surface area contributed by atoms with Crippen LogP contribution in [0.15, 0.2) is 5.16 Å². The smallest absolute Gasteiger partial charge is 0.286 e. The Hall–Kier alpha value is -0.380. The number of hydrogen-bond acceptors (Lipinski definition) is 4. The van der Waals surface area contributed by atoms with E-state index in [-0.39, 0.29) is 0 Å². The molecular formula is C4H7NO2S. The van der Waals surface area contributed by atoms with E-state index in [1.54, 1.807) is 0 Å². The fourth-order valence-electron chi connectivity index (χ4n) is 0.477. The van der Waals surface area contributed by atoms with E-state index < -0.39 is 0 Å². The van der Waals surface area contributed by atoms with Crippen LogP contribution in [0.25, 0.3) is 0 Å². The third-order valence-electron chi connectivity index (χ3n) is 0.821. The first kappa shape index (κ1) is 5.75. The first-order valence-electron chi connectivity index (χ1n) is 2.41. The molecule has 0 aromatic rings. The average molecular weight is 133 g/mol. The maximum absolute atomic E-state index is 8.13. The second-order valence-corrected chi connectivity index (χ2v) is 2.46. The fraction of sp³-hybridized carbons (Fsp3) is 0.750. The Morgan fingerprint density at radius 3 is 3.00 bits per heavy atom. The number of hydrogen-bond donors (Lipinski definition) is 1. The van der Waals surface area contributed by atoms with E-state index in [0.717, 1.165) is 12.2 Å². The lowest BCUT2D eigenvalue weighted by Crippen LogP contribution is -2.09. The van der Waals surface area contributed by atoms with Crippen LogP contribution < -0.4 is 0 Å². The van der Waals surface area contributed by atoms with Crippen LogP contribution >= 0.6 is 11.8 Å². The summed E-state index contributed by atoms with van der Waals surface area (Å²) in [4.78, 5) is 0. The summed E-state index contributed by atoms with van der Waals surface area (Å²) in [5.41, 5.74) is 0. The van der Waals surface area contributed by atoms with Crippen LogP contribution in [0.5, 0.6) is 0 Å². The van der Waals surface area contributed by atoms with E-state index in [1.807, 2.05) is 0 Å². The SMILES string of the molecule is ON=C1OCCCS1. The molecule has 8 heavy (non-hydrogen) atoms. The second kappa shape index (κ2) is 2.81. The van der Waals surface area contributed by atoms with Crippen LogP contribution in [0.2, 0.25) is 0 Å². The molecule has 0 aliphatic carbocycles. The minimum Gasteiger partial charge on any atom is -0.471 e. The quantitative estimate of drug-likeness (QED) is 0.394. The highest BCUT2D eigenvalue weighted by Crippen LogP contribution is 2.12. The molecule has 0 spiro atoms. The van der Waals surface area contributed by atoms with Crippen molar-refractivity contribution in [1.29, 1.82) is 0 Å². The summed E-state index contributed by atoms with van der Waals surface area (Å²) >= 11 is 1.44. The molecule has 0 radical (unpaired) electrons. The first-order chi connectivity index (χ1) is 3.93. The molecule has 0 unspecified atom stereocenters. The summed E-state index contributed by atoms with van der Waals surface area (Å²) < 4.78 is 4.89. The van der Waals surface area contributed by atoms with Gasteiger partial charge in [0.25, 0.3) is 5.23 Å². The zero-order chi connectivity index (χ0) is 5.82. The minimum atomic E-state index is 0.399. The number of rotatable bonds is 0. The zero-order valence-corrected chi connectivity index (χ0v) is 5.15. The van der Waals surface area contributed by atoms with Gasteiger partial charge in [-0.1, -0.05) is 11.8 Å². The van der Waals surface area contributed by atoms with Crippen molar-refractivity contribution in [2.24, 2.45) is 5.16 Å². The van der Waals surface area contributed by atoms with E-state index in [9.17, 15) is 0 Å². The molecule has 0 bridgehead atoms. The number of oxime groups is 1. The van der Waals surface area contributed by atoms with Crippen molar-refractivity contribution in [3.05, 3.63) is 0 Å². The van der Waals surface area contributed by atoms with Gasteiger partial charge in [0, 0.05) is 5.75 Å². The van der Waals surface area contributed by atoms with Crippen LogP contribution in [-0.2, 0) is 4.74 Å². The topological polar surface area (TPSA) is 41.8 Å². The Labute approximate surface area is 51.7 Å². The number of thioether (sulfide) groups is 1. The van der Waals surface area contributed by atoms with Gasteiger partial charge in [0.1, 0.15) is 0 Å². The molecule has 1 saturated heterocycles. The van der Waals surface area contributed by atoms with Crippen molar-refractivity contribution < 1.29 is 9.94 Å². The minimum absolute atomic E-state index is 0.399. The molecule has 1 N–H and O–H groups in total. The van der Waals surface area contributed by atoms with E-state index >= 15 is 0 Å². The maximum atomic E-state index is 8.13. The highest BCUT2D eigenvalue weighted by Gasteiger charge is 2.06. The standard InChI is InChI=1S/C4H7NO2S/c6-5-4-7-2-1-3-8-4/h6H,1-3H2. The molecule has 3 nitrogen and oxygen atoms in total. The van der Waals surface area contributed by atoms with Gasteiger partial charge in [-0.2, -0.15) is 0 Å². The molecule has 4 heteroatoms. The summed E-state index contributed by atoms with van der Waals surface area (Å²) in [6.45, 7) is 0.687. The van der Waals surface area contributed by atoms with Crippen LogP contribution in [0, 0.1) is 0 Å². The van der Waals surface area contributed by atoms with Crippen molar-refractivity contribution in [3.63, 3.8) is 0 Å². The molecule has 1 rings (SSSR count). The molecule has 0 aromatic heterocycles. The Balaban J connectivity index is 2.33. The Morgan fingerprint density at radius 2 is 2.62 bits per heavy atom. The molecule has 0 saturated carbocycles. The fourth-order valence-corrected chi connectivity index (χ4v) is 1.14. The van der Waals surface area contributed by atoms with Gasteiger partial charge >= 0.3 is 0 Å². The van der Waals surface area contributed by atoms with Gasteiger partial charge in [0.05, 0.1) is 6.61 Å². The third kappa shape index (κ3) is 1.30. The van der Waals surface area contributed by atoms with E-state index in [2.05, 4.69) is 5.16 Å². The summed E-state index contributed by atoms with van der Waals surface area (Å²) in [5.74, 6) is 0.999. The molecule has 1 aliphatic rings. The number of ether oxygens (including phenoxy) is 1.